The summed E-state index contributed by atoms with van der Waals surface area (Å²) in [7, 11) is 0. The number of likely N-dealkylation sites (tertiary alicyclic amines) is 1. The summed E-state index contributed by atoms with van der Waals surface area (Å²) in [6.07, 6.45) is 3.47. The molecule has 22 heavy (non-hydrogen) atoms. The molecule has 0 unspecified atom stereocenters. The predicted molar refractivity (Wildman–Crippen MR) is 89.1 cm³/mol. The zero-order valence-corrected chi connectivity index (χ0v) is 14.5. The van der Waals surface area contributed by atoms with E-state index in [1.54, 1.807) is 17.0 Å². The second-order valence-electron chi connectivity index (χ2n) is 5.30. The highest BCUT2D eigenvalue weighted by molar-refractivity contribution is 7.98. The lowest BCUT2D eigenvalue weighted by Gasteiger charge is -2.31. The summed E-state index contributed by atoms with van der Waals surface area (Å²) in [6.45, 7) is 1.12. The Morgan fingerprint density at radius 3 is 2.45 bits per heavy atom. The third-order valence-corrected chi connectivity index (χ3v) is 5.35. The van der Waals surface area contributed by atoms with Crippen LogP contribution >= 0.6 is 35.0 Å². The van der Waals surface area contributed by atoms with Crippen molar-refractivity contribution in [3.05, 3.63) is 27.7 Å². The van der Waals surface area contributed by atoms with E-state index in [1.807, 2.05) is 6.26 Å². The van der Waals surface area contributed by atoms with Gasteiger partial charge in [0.15, 0.2) is 0 Å². The lowest BCUT2D eigenvalue weighted by Crippen LogP contribution is -2.39. The molecule has 1 aromatic carbocycles. The van der Waals surface area contributed by atoms with Gasteiger partial charge in [-0.1, -0.05) is 23.2 Å². The number of hydrogen-bond acceptors (Lipinski definition) is 3. The fourth-order valence-electron chi connectivity index (χ4n) is 2.61. The molecule has 0 saturated carbocycles. The van der Waals surface area contributed by atoms with E-state index >= 15 is 0 Å². The van der Waals surface area contributed by atoms with Crippen LogP contribution in [0.1, 0.15) is 29.6 Å². The van der Waals surface area contributed by atoms with Gasteiger partial charge in [0.2, 0.25) is 0 Å². The van der Waals surface area contributed by atoms with Gasteiger partial charge in [-0.05, 0) is 37.1 Å². The lowest BCUT2D eigenvalue weighted by atomic mass is 9.93. The van der Waals surface area contributed by atoms with Gasteiger partial charge in [-0.25, -0.2) is 0 Å². The molecule has 0 spiro atoms. The predicted octanol–water partition coefficient (Wildman–Crippen LogP) is 4.04. The molecule has 1 aliphatic heterocycles. The number of rotatable bonds is 4. The second kappa shape index (κ2) is 7.57. The van der Waals surface area contributed by atoms with Crippen LogP contribution in [0, 0.1) is 5.92 Å². The Morgan fingerprint density at radius 1 is 1.27 bits per heavy atom. The van der Waals surface area contributed by atoms with E-state index in [2.05, 4.69) is 0 Å². The number of hydrogen-bond donors (Lipinski definition) is 1. The average molecular weight is 362 g/mol. The molecule has 2 rings (SSSR count). The minimum atomic E-state index is -0.782. The lowest BCUT2D eigenvalue weighted by molar-refractivity contribution is -0.138. The van der Waals surface area contributed by atoms with E-state index in [9.17, 15) is 9.59 Å². The topological polar surface area (TPSA) is 57.6 Å². The van der Waals surface area contributed by atoms with Gasteiger partial charge in [-0.15, -0.1) is 11.8 Å². The number of nitrogens with zero attached hydrogens (tertiary/aromatic N) is 1. The minimum absolute atomic E-state index is 0.120. The standard InChI is InChI=1S/C15H17Cl2NO3S/c1-22-13-7-10(11(16)8-12(13)17)15(21)18-4-2-9(3-5-18)6-14(19)20/h7-9H,2-6H2,1H3,(H,19,20). The van der Waals surface area contributed by atoms with Crippen molar-refractivity contribution < 1.29 is 14.7 Å². The number of aliphatic carboxylic acids is 1. The molecule has 1 fully saturated rings. The van der Waals surface area contributed by atoms with Crippen molar-refractivity contribution in [3.8, 4) is 0 Å². The summed E-state index contributed by atoms with van der Waals surface area (Å²) in [4.78, 5) is 25.9. The molecule has 0 radical (unpaired) electrons. The maximum absolute atomic E-state index is 12.6. The number of halogens is 2. The molecule has 0 bridgehead atoms. The molecular weight excluding hydrogens is 345 g/mol. The maximum atomic E-state index is 12.6. The molecular formula is C15H17Cl2NO3S. The van der Waals surface area contributed by atoms with Crippen LogP contribution in [-0.2, 0) is 4.79 Å². The van der Waals surface area contributed by atoms with E-state index in [-0.39, 0.29) is 18.2 Å². The second-order valence-corrected chi connectivity index (χ2v) is 6.96. The van der Waals surface area contributed by atoms with Crippen LogP contribution in [0.25, 0.3) is 0 Å². The summed E-state index contributed by atoms with van der Waals surface area (Å²) >= 11 is 13.7. The Labute approximate surface area is 143 Å². The maximum Gasteiger partial charge on any atom is 0.303 e. The molecule has 1 amide bonds. The normalized spacial score (nSPS) is 15.9. The van der Waals surface area contributed by atoms with Crippen molar-refractivity contribution in [1.82, 2.24) is 4.90 Å². The van der Waals surface area contributed by atoms with E-state index in [0.29, 0.717) is 41.5 Å². The van der Waals surface area contributed by atoms with Gasteiger partial charge in [0.05, 0.1) is 15.6 Å². The number of carboxylic acids is 1. The molecule has 0 aromatic heterocycles. The molecule has 1 aliphatic rings. The Balaban J connectivity index is 2.08. The van der Waals surface area contributed by atoms with Crippen molar-refractivity contribution in [2.45, 2.75) is 24.2 Å². The first kappa shape index (κ1) is 17.4. The summed E-state index contributed by atoms with van der Waals surface area (Å²) in [6, 6.07) is 3.32. The smallest absolute Gasteiger partial charge is 0.303 e. The van der Waals surface area contributed by atoms with Gasteiger partial charge in [0.1, 0.15) is 0 Å². The fourth-order valence-corrected chi connectivity index (χ4v) is 3.79. The summed E-state index contributed by atoms with van der Waals surface area (Å²) in [5.74, 6) is -0.759. The van der Waals surface area contributed by atoms with Gasteiger partial charge in [-0.2, -0.15) is 0 Å². The molecule has 1 N–H and O–H groups in total. The van der Waals surface area contributed by atoms with Crippen LogP contribution in [0.2, 0.25) is 10.0 Å². The summed E-state index contributed by atoms with van der Waals surface area (Å²) < 4.78 is 0. The number of carboxylic acid groups (broad SMARTS) is 1. The van der Waals surface area contributed by atoms with Crippen LogP contribution in [0.3, 0.4) is 0 Å². The number of carbonyl (C=O) groups excluding carboxylic acids is 1. The van der Waals surface area contributed by atoms with Crippen molar-refractivity contribution in [3.63, 3.8) is 0 Å². The molecule has 4 nitrogen and oxygen atoms in total. The summed E-state index contributed by atoms with van der Waals surface area (Å²) in [5, 5.41) is 9.71. The van der Waals surface area contributed by atoms with Crippen molar-refractivity contribution in [2.24, 2.45) is 5.92 Å². The van der Waals surface area contributed by atoms with Crippen LogP contribution in [0.15, 0.2) is 17.0 Å². The number of piperidine rings is 1. The van der Waals surface area contributed by atoms with Crippen molar-refractivity contribution >= 4 is 46.8 Å². The first-order valence-electron chi connectivity index (χ1n) is 6.96. The van der Waals surface area contributed by atoms with Gasteiger partial charge in [-0.3, -0.25) is 9.59 Å². The Hall–Kier alpha value is -0.910. The SMILES string of the molecule is CSc1cc(C(=O)N2CCC(CC(=O)O)CC2)c(Cl)cc1Cl. The highest BCUT2D eigenvalue weighted by atomic mass is 35.5. The third kappa shape index (κ3) is 4.09. The van der Waals surface area contributed by atoms with Crippen LogP contribution in [0.4, 0.5) is 0 Å². The third-order valence-electron chi connectivity index (χ3n) is 3.84. The number of amides is 1. The molecule has 1 saturated heterocycles. The largest absolute Gasteiger partial charge is 0.481 e. The van der Waals surface area contributed by atoms with Crippen LogP contribution < -0.4 is 0 Å². The highest BCUT2D eigenvalue weighted by Crippen LogP contribution is 2.32. The number of carbonyl (C=O) groups is 2. The van der Waals surface area contributed by atoms with Crippen LogP contribution in [-0.4, -0.2) is 41.2 Å². The Morgan fingerprint density at radius 2 is 1.91 bits per heavy atom. The zero-order valence-electron chi connectivity index (χ0n) is 12.1. The molecule has 0 atom stereocenters. The van der Waals surface area contributed by atoms with E-state index in [0.717, 1.165) is 4.90 Å². The number of thioether (sulfide) groups is 1. The first-order chi connectivity index (χ1) is 10.4. The van der Waals surface area contributed by atoms with Gasteiger partial charge >= 0.3 is 5.97 Å². The van der Waals surface area contributed by atoms with Crippen LogP contribution in [0.5, 0.6) is 0 Å². The highest BCUT2D eigenvalue weighted by Gasteiger charge is 2.26. The summed E-state index contributed by atoms with van der Waals surface area (Å²) in [5.41, 5.74) is 0.451. The Bertz CT molecular complexity index is 586. The molecule has 7 heteroatoms. The monoisotopic (exact) mass is 361 g/mol. The molecule has 1 aromatic rings. The van der Waals surface area contributed by atoms with Crippen molar-refractivity contribution in [1.29, 1.82) is 0 Å². The fraction of sp³-hybridized carbons (Fsp3) is 0.467. The van der Waals surface area contributed by atoms with Crippen molar-refractivity contribution in [2.75, 3.05) is 19.3 Å². The van der Waals surface area contributed by atoms with E-state index in [1.165, 1.54) is 11.8 Å². The average Bonchev–Trinajstić information content (AvgIpc) is 2.47. The molecule has 0 aliphatic carbocycles. The first-order valence-corrected chi connectivity index (χ1v) is 8.94. The number of benzene rings is 1. The molecule has 1 heterocycles. The van der Waals surface area contributed by atoms with E-state index in [4.69, 9.17) is 28.3 Å². The van der Waals surface area contributed by atoms with E-state index < -0.39 is 5.97 Å². The molecule has 120 valence electrons. The quantitative estimate of drug-likeness (QED) is 0.822. The Kier molecular flexibility index (Phi) is 6.01. The van der Waals surface area contributed by atoms with Gasteiger partial charge in [0.25, 0.3) is 5.91 Å². The van der Waals surface area contributed by atoms with Gasteiger partial charge in [0, 0.05) is 24.4 Å². The zero-order chi connectivity index (χ0) is 16.3. The van der Waals surface area contributed by atoms with Gasteiger partial charge < -0.3 is 10.0 Å². The minimum Gasteiger partial charge on any atom is -0.481 e.